The van der Waals surface area contributed by atoms with Crippen LogP contribution >= 0.6 is 0 Å². The predicted octanol–water partition coefficient (Wildman–Crippen LogP) is 3.24. The zero-order valence-electron chi connectivity index (χ0n) is 14.5. The Kier molecular flexibility index (Phi) is 5.81. The Morgan fingerprint density at radius 1 is 1.21 bits per heavy atom. The summed E-state index contributed by atoms with van der Waals surface area (Å²) < 4.78 is 55.9. The third kappa shape index (κ3) is 4.41. The maximum atomic E-state index is 13.6. The first-order chi connectivity index (χ1) is 13.3. The van der Waals surface area contributed by atoms with E-state index < -0.39 is 30.1 Å². The molecule has 2 aromatic rings. The third-order valence-electron chi connectivity index (χ3n) is 4.33. The molecule has 1 unspecified atom stereocenters. The zero-order chi connectivity index (χ0) is 20.3. The summed E-state index contributed by atoms with van der Waals surface area (Å²) in [5.41, 5.74) is 0.320. The molecule has 1 fully saturated rings. The highest BCUT2D eigenvalue weighted by Gasteiger charge is 2.35. The Hall–Kier alpha value is -3.10. The van der Waals surface area contributed by atoms with Gasteiger partial charge in [-0.1, -0.05) is 18.2 Å². The third-order valence-corrected chi connectivity index (χ3v) is 4.33. The minimum absolute atomic E-state index is 0.00798. The molecule has 1 heterocycles. The molecule has 1 atom stereocenters. The van der Waals surface area contributed by atoms with Crippen molar-refractivity contribution in [3.63, 3.8) is 0 Å². The lowest BCUT2D eigenvalue weighted by Crippen LogP contribution is -2.32. The molecule has 1 aliphatic rings. The molecule has 28 heavy (non-hydrogen) atoms. The van der Waals surface area contributed by atoms with E-state index in [1.165, 1.54) is 35.2 Å². The van der Waals surface area contributed by atoms with Crippen molar-refractivity contribution in [1.82, 2.24) is 5.32 Å². The van der Waals surface area contributed by atoms with Crippen LogP contribution in [0.2, 0.25) is 0 Å². The van der Waals surface area contributed by atoms with Crippen LogP contribution < -0.4 is 15.0 Å². The van der Waals surface area contributed by atoms with E-state index in [1.807, 2.05) is 0 Å². The van der Waals surface area contributed by atoms with Crippen LogP contribution in [0.3, 0.4) is 0 Å². The molecule has 5 nitrogen and oxygen atoms in total. The molecule has 0 aliphatic carbocycles. The smallest absolute Gasteiger partial charge is 0.387 e. The molecular weight excluding hydrogens is 380 g/mol. The normalized spacial score (nSPS) is 16.5. The van der Waals surface area contributed by atoms with E-state index in [4.69, 9.17) is 0 Å². The van der Waals surface area contributed by atoms with Crippen molar-refractivity contribution in [1.29, 1.82) is 0 Å². The first-order valence-corrected chi connectivity index (χ1v) is 8.41. The zero-order valence-corrected chi connectivity index (χ0v) is 14.5. The number of ether oxygens (including phenoxy) is 1. The fraction of sp³-hybridized carbons (Fsp3) is 0.263. The van der Waals surface area contributed by atoms with Gasteiger partial charge in [0, 0.05) is 36.8 Å². The quantitative estimate of drug-likeness (QED) is 0.763. The fourth-order valence-corrected chi connectivity index (χ4v) is 2.97. The van der Waals surface area contributed by atoms with Gasteiger partial charge in [-0.3, -0.25) is 9.59 Å². The Morgan fingerprint density at radius 2 is 1.96 bits per heavy atom. The van der Waals surface area contributed by atoms with E-state index in [9.17, 15) is 27.2 Å². The van der Waals surface area contributed by atoms with Gasteiger partial charge in [-0.15, -0.1) is 0 Å². The number of anilines is 1. The molecule has 1 N–H and O–H groups in total. The van der Waals surface area contributed by atoms with Crippen LogP contribution in [0.5, 0.6) is 5.75 Å². The van der Waals surface area contributed by atoms with E-state index in [0.29, 0.717) is 5.69 Å². The van der Waals surface area contributed by atoms with Gasteiger partial charge in [0.25, 0.3) is 0 Å². The Balaban J connectivity index is 1.64. The number of nitrogens with one attached hydrogen (secondary N) is 1. The molecule has 1 aliphatic heterocycles. The van der Waals surface area contributed by atoms with Crippen LogP contribution in [-0.2, 0) is 16.1 Å². The second-order valence-corrected chi connectivity index (χ2v) is 6.21. The minimum Gasteiger partial charge on any atom is -0.435 e. The molecule has 3 rings (SSSR count). The van der Waals surface area contributed by atoms with Crippen molar-refractivity contribution < 1.29 is 31.9 Å². The maximum Gasteiger partial charge on any atom is 0.387 e. The number of hydrogen-bond donors (Lipinski definition) is 1. The van der Waals surface area contributed by atoms with Gasteiger partial charge in [0.05, 0.1) is 5.92 Å². The number of hydrogen-bond acceptors (Lipinski definition) is 3. The lowest BCUT2D eigenvalue weighted by molar-refractivity contribution is -0.126. The highest BCUT2D eigenvalue weighted by atomic mass is 19.3. The SMILES string of the molecule is O=C(NCc1cccc(F)c1F)C1CC(=O)N(c2cccc(OC(F)F)c2)C1. The summed E-state index contributed by atoms with van der Waals surface area (Å²) in [5.74, 6) is -3.70. The monoisotopic (exact) mass is 396 g/mol. The van der Waals surface area contributed by atoms with Gasteiger partial charge < -0.3 is 15.0 Å². The molecule has 0 spiro atoms. The Bertz CT molecular complexity index is 891. The van der Waals surface area contributed by atoms with Gasteiger partial charge in [0.15, 0.2) is 11.6 Å². The number of alkyl halides is 2. The standard InChI is InChI=1S/C19H16F4N2O3/c20-15-6-1-3-11(17(15)21)9-24-18(27)12-7-16(26)25(10-12)13-4-2-5-14(8-13)28-19(22)23/h1-6,8,12,19H,7,9-10H2,(H,24,27). The molecule has 0 radical (unpaired) electrons. The molecule has 148 valence electrons. The van der Waals surface area contributed by atoms with E-state index >= 15 is 0 Å². The van der Waals surface area contributed by atoms with Crippen LogP contribution in [0, 0.1) is 17.6 Å². The summed E-state index contributed by atoms with van der Waals surface area (Å²) in [6, 6.07) is 9.26. The summed E-state index contributed by atoms with van der Waals surface area (Å²) in [5, 5.41) is 2.49. The number of nitrogens with zero attached hydrogens (tertiary/aromatic N) is 1. The highest BCUT2D eigenvalue weighted by molar-refractivity contribution is 6.00. The Labute approximate surface area is 157 Å². The molecule has 1 saturated heterocycles. The lowest BCUT2D eigenvalue weighted by atomic mass is 10.1. The number of carbonyl (C=O) groups excluding carboxylic acids is 2. The molecular formula is C19H16F4N2O3. The molecule has 0 aromatic heterocycles. The molecule has 0 bridgehead atoms. The van der Waals surface area contributed by atoms with Crippen LogP contribution in [-0.4, -0.2) is 25.0 Å². The van der Waals surface area contributed by atoms with E-state index in [-0.39, 0.29) is 36.7 Å². The van der Waals surface area contributed by atoms with E-state index in [1.54, 1.807) is 6.07 Å². The van der Waals surface area contributed by atoms with Crippen molar-refractivity contribution in [2.75, 3.05) is 11.4 Å². The summed E-state index contributed by atoms with van der Waals surface area (Å²) in [4.78, 5) is 25.9. The molecule has 0 saturated carbocycles. The largest absolute Gasteiger partial charge is 0.435 e. The second-order valence-electron chi connectivity index (χ2n) is 6.21. The highest BCUT2D eigenvalue weighted by Crippen LogP contribution is 2.28. The average Bonchev–Trinajstić information content (AvgIpc) is 3.04. The van der Waals surface area contributed by atoms with E-state index in [2.05, 4.69) is 10.1 Å². The predicted molar refractivity (Wildman–Crippen MR) is 91.7 cm³/mol. The van der Waals surface area contributed by atoms with Crippen LogP contribution in [0.4, 0.5) is 23.2 Å². The van der Waals surface area contributed by atoms with Crippen LogP contribution in [0.15, 0.2) is 42.5 Å². The Morgan fingerprint density at radius 3 is 2.71 bits per heavy atom. The minimum atomic E-state index is -2.99. The number of rotatable bonds is 6. The summed E-state index contributed by atoms with van der Waals surface area (Å²) >= 11 is 0. The number of halogens is 4. The lowest BCUT2D eigenvalue weighted by Gasteiger charge is -2.18. The van der Waals surface area contributed by atoms with Crippen LogP contribution in [0.25, 0.3) is 0 Å². The molecule has 2 aromatic carbocycles. The molecule has 9 heteroatoms. The maximum absolute atomic E-state index is 13.6. The van der Waals surface area contributed by atoms with Crippen molar-refractivity contribution in [3.8, 4) is 5.75 Å². The van der Waals surface area contributed by atoms with Gasteiger partial charge in [-0.05, 0) is 18.2 Å². The second kappa shape index (κ2) is 8.28. The summed E-state index contributed by atoms with van der Waals surface area (Å²) in [7, 11) is 0. The van der Waals surface area contributed by atoms with Gasteiger partial charge >= 0.3 is 6.61 Å². The average molecular weight is 396 g/mol. The van der Waals surface area contributed by atoms with Crippen molar-refractivity contribution in [2.45, 2.75) is 19.6 Å². The van der Waals surface area contributed by atoms with Gasteiger partial charge in [0.2, 0.25) is 11.8 Å². The van der Waals surface area contributed by atoms with E-state index in [0.717, 1.165) is 6.07 Å². The number of amides is 2. The summed E-state index contributed by atoms with van der Waals surface area (Å²) in [6.07, 6.45) is -0.0859. The summed E-state index contributed by atoms with van der Waals surface area (Å²) in [6.45, 7) is -3.18. The molecule has 2 amide bonds. The number of benzene rings is 2. The van der Waals surface area contributed by atoms with Crippen molar-refractivity contribution in [3.05, 3.63) is 59.7 Å². The van der Waals surface area contributed by atoms with Crippen molar-refractivity contribution in [2.24, 2.45) is 5.92 Å². The van der Waals surface area contributed by atoms with Gasteiger partial charge in [-0.2, -0.15) is 8.78 Å². The topological polar surface area (TPSA) is 58.6 Å². The first kappa shape index (κ1) is 19.7. The first-order valence-electron chi connectivity index (χ1n) is 8.41. The van der Waals surface area contributed by atoms with Gasteiger partial charge in [-0.25, -0.2) is 8.78 Å². The van der Waals surface area contributed by atoms with Crippen molar-refractivity contribution >= 4 is 17.5 Å². The van der Waals surface area contributed by atoms with Crippen LogP contribution in [0.1, 0.15) is 12.0 Å². The number of carbonyl (C=O) groups is 2. The fourth-order valence-electron chi connectivity index (χ4n) is 2.97. The van der Waals surface area contributed by atoms with Gasteiger partial charge in [0.1, 0.15) is 5.75 Å².